The van der Waals surface area contributed by atoms with Crippen molar-refractivity contribution in [1.82, 2.24) is 0 Å². The summed E-state index contributed by atoms with van der Waals surface area (Å²) in [6.45, 7) is 0. The van der Waals surface area contributed by atoms with Gasteiger partial charge in [-0.05, 0) is 127 Å². The van der Waals surface area contributed by atoms with E-state index in [9.17, 15) is 97.0 Å². The van der Waals surface area contributed by atoms with E-state index in [-0.39, 0.29) is 81.3 Å². The molecule has 0 heterocycles. The number of ketones is 1. The molecule has 3 fully saturated rings. The predicted molar refractivity (Wildman–Crippen MR) is 219 cm³/mol. The Hall–Kier alpha value is -5.32. The minimum Gasteiger partial charge on any atom is -0.490 e. The van der Waals surface area contributed by atoms with Crippen molar-refractivity contribution in [3.63, 3.8) is 0 Å². The van der Waals surface area contributed by atoms with Crippen LogP contribution in [-0.2, 0) is 54.2 Å². The first-order valence-electron chi connectivity index (χ1n) is 22.1. The lowest BCUT2D eigenvalue weighted by atomic mass is 9.89. The zero-order chi connectivity index (χ0) is 56.7. The molecule has 0 spiro atoms. The number of carbonyl (C=O) groups is 1. The average Bonchev–Trinajstić information content (AvgIpc) is 3.91. The number of hydrogen-bond donors (Lipinski definition) is 0. The summed E-state index contributed by atoms with van der Waals surface area (Å²) in [5.74, 6) is -11.0. The standard InChI is InChI=1S/C46H33BF24O4S/c48-39(49,50)24-9-25(40(51,52)53)13-31(12-24)73-47(74-32-14-26(41(54,55)56)10-27(15-32)42(57,58)59)75-36-19-30(45(66,67)68)18-34(46(69,70)71)38(36)76(20-23-3-1-2-4-35(23)72,37-8-21-5-6-22(37)7-21)33-16-28(43(60,61)62)11-29(17-33)44(63,64)65/h9-19,21-23,37H,1-8,20H2. The van der Waals surface area contributed by atoms with Crippen molar-refractivity contribution in [2.24, 2.45) is 17.8 Å². The van der Waals surface area contributed by atoms with Gasteiger partial charge in [0.15, 0.2) is 0 Å². The van der Waals surface area contributed by atoms with Crippen LogP contribution in [-0.4, -0.2) is 24.1 Å². The molecule has 0 saturated heterocycles. The third-order valence-corrected chi connectivity index (χ3v) is 17.9. The molecule has 4 aromatic rings. The van der Waals surface area contributed by atoms with E-state index in [2.05, 4.69) is 0 Å². The molecule has 76 heavy (non-hydrogen) atoms. The predicted octanol–water partition coefficient (Wildman–Crippen LogP) is 17.5. The van der Waals surface area contributed by atoms with Crippen LogP contribution in [0.25, 0.3) is 0 Å². The molecular formula is C46H33BF24O4S. The van der Waals surface area contributed by atoms with E-state index in [1.807, 2.05) is 0 Å². The molecule has 3 aliphatic carbocycles. The first-order chi connectivity index (χ1) is 34.5. The van der Waals surface area contributed by atoms with Crippen LogP contribution in [0.1, 0.15) is 95.9 Å². The van der Waals surface area contributed by atoms with Crippen molar-refractivity contribution in [3.05, 3.63) is 111 Å². The second-order valence-electron chi connectivity index (χ2n) is 18.3. The maximum absolute atomic E-state index is 16.0. The van der Waals surface area contributed by atoms with Crippen LogP contribution in [0.2, 0.25) is 0 Å². The normalized spacial score (nSPS) is 21.3. The fourth-order valence-electron chi connectivity index (χ4n) is 9.94. The van der Waals surface area contributed by atoms with Gasteiger partial charge in [-0.25, -0.2) is 0 Å². The molecule has 418 valence electrons. The molecule has 3 aliphatic rings. The molecule has 3 saturated carbocycles. The topological polar surface area (TPSA) is 44.8 Å². The molecule has 0 aliphatic heterocycles. The number of carbonyl (C=O) groups excluding carboxylic acids is 1. The summed E-state index contributed by atoms with van der Waals surface area (Å²) in [4.78, 5) is 10.7. The Bertz CT molecular complexity index is 2630. The molecule has 0 amide bonds. The molecule has 4 nitrogen and oxygen atoms in total. The largest absolute Gasteiger partial charge is 0.864 e. The quantitative estimate of drug-likeness (QED) is 0.111. The van der Waals surface area contributed by atoms with Crippen molar-refractivity contribution < 1.29 is 124 Å². The van der Waals surface area contributed by atoms with Crippen LogP contribution in [0.15, 0.2) is 76.5 Å². The molecular weight excluding hydrogens is 1120 g/mol. The number of rotatable bonds is 11. The Labute approximate surface area is 414 Å². The number of hydrogen-bond acceptors (Lipinski definition) is 4. The molecule has 0 aromatic heterocycles. The van der Waals surface area contributed by atoms with E-state index < -0.39 is 210 Å². The van der Waals surface area contributed by atoms with Gasteiger partial charge in [0.25, 0.3) is 0 Å². The molecule has 0 N–H and O–H groups in total. The molecule has 4 aromatic carbocycles. The van der Waals surface area contributed by atoms with E-state index in [1.54, 1.807) is 0 Å². The second-order valence-corrected chi connectivity index (χ2v) is 21.7. The van der Waals surface area contributed by atoms with E-state index in [0.29, 0.717) is 0 Å². The van der Waals surface area contributed by atoms with Gasteiger partial charge in [-0.15, -0.1) is 0 Å². The fraction of sp³-hybridized carbons (Fsp3) is 0.457. The van der Waals surface area contributed by atoms with Gasteiger partial charge in [-0.3, -0.25) is 4.79 Å². The third kappa shape index (κ3) is 12.7. The van der Waals surface area contributed by atoms with E-state index in [4.69, 9.17) is 14.0 Å². The molecule has 7 rings (SSSR count). The number of benzene rings is 4. The van der Waals surface area contributed by atoms with Crippen molar-refractivity contribution in [2.45, 2.75) is 116 Å². The number of fused-ring (bicyclic) bond motifs is 2. The summed E-state index contributed by atoms with van der Waals surface area (Å²) in [6.07, 6.45) is -47.8. The van der Waals surface area contributed by atoms with Crippen LogP contribution in [0.4, 0.5) is 105 Å². The lowest BCUT2D eigenvalue weighted by Crippen LogP contribution is -2.39. The van der Waals surface area contributed by atoms with Crippen LogP contribution < -0.4 is 14.0 Å². The summed E-state index contributed by atoms with van der Waals surface area (Å²) >= 11 is 0. The first-order valence-corrected chi connectivity index (χ1v) is 23.9. The molecule has 5 atom stereocenters. The van der Waals surface area contributed by atoms with Crippen molar-refractivity contribution in [3.8, 4) is 17.2 Å². The molecule has 0 radical (unpaired) electrons. The van der Waals surface area contributed by atoms with Crippen LogP contribution in [0, 0.1) is 17.8 Å². The summed E-state index contributed by atoms with van der Waals surface area (Å²) in [6, 6.07) is -4.03. The van der Waals surface area contributed by atoms with Gasteiger partial charge in [0.2, 0.25) is 0 Å². The Balaban J connectivity index is 1.65. The Morgan fingerprint density at radius 3 is 1.21 bits per heavy atom. The summed E-state index contributed by atoms with van der Waals surface area (Å²) in [5.41, 5.74) is -18.6. The number of halogens is 24. The van der Waals surface area contributed by atoms with Gasteiger partial charge in [-0.1, -0.05) is 12.8 Å². The van der Waals surface area contributed by atoms with Gasteiger partial charge in [-0.2, -0.15) is 115 Å². The Kier molecular flexibility index (Phi) is 15.2. The van der Waals surface area contributed by atoms with Crippen LogP contribution in [0.5, 0.6) is 17.2 Å². The van der Waals surface area contributed by atoms with Gasteiger partial charge in [0.05, 0.1) is 44.5 Å². The monoisotopic (exact) mass is 1150 g/mol. The van der Waals surface area contributed by atoms with Gasteiger partial charge < -0.3 is 14.0 Å². The average molecular weight is 1150 g/mol. The van der Waals surface area contributed by atoms with Crippen LogP contribution in [0.3, 0.4) is 0 Å². The van der Waals surface area contributed by atoms with E-state index in [1.165, 1.54) is 0 Å². The zero-order valence-electron chi connectivity index (χ0n) is 37.7. The van der Waals surface area contributed by atoms with Crippen LogP contribution >= 0.6 is 10.0 Å². The van der Waals surface area contributed by atoms with Gasteiger partial charge >= 0.3 is 56.7 Å². The lowest BCUT2D eigenvalue weighted by Gasteiger charge is -2.52. The lowest BCUT2D eigenvalue weighted by molar-refractivity contribution is -0.146. The molecule has 2 bridgehead atoms. The van der Waals surface area contributed by atoms with Crippen molar-refractivity contribution in [1.29, 1.82) is 0 Å². The Morgan fingerprint density at radius 2 is 0.855 bits per heavy atom. The minimum absolute atomic E-state index is 0.00961. The second kappa shape index (κ2) is 19.9. The highest BCUT2D eigenvalue weighted by Crippen LogP contribution is 2.77. The third-order valence-electron chi connectivity index (χ3n) is 13.2. The summed E-state index contributed by atoms with van der Waals surface area (Å²) in [7, 11) is -8.54. The minimum atomic E-state index is -6.24. The van der Waals surface area contributed by atoms with Gasteiger partial charge in [0, 0.05) is 17.2 Å². The Morgan fingerprint density at radius 1 is 0.447 bits per heavy atom. The molecule has 30 heteroatoms. The first kappa shape index (κ1) is 58.4. The highest BCUT2D eigenvalue weighted by molar-refractivity contribution is 8.34. The summed E-state index contributed by atoms with van der Waals surface area (Å²) < 4.78 is 367. The number of Topliss-reactive ketones (excluding diaryl/α,β-unsaturated/α-hetero) is 1. The van der Waals surface area contributed by atoms with E-state index >= 15 is 13.2 Å². The maximum Gasteiger partial charge on any atom is 0.864 e. The highest BCUT2D eigenvalue weighted by Gasteiger charge is 2.57. The highest BCUT2D eigenvalue weighted by atomic mass is 32.3. The summed E-state index contributed by atoms with van der Waals surface area (Å²) in [5, 5.41) is -1.64. The SMILES string of the molecule is O=C1CCCCC1CS(c1cc(C(F)(F)F)cc(C(F)(F)F)c1)(c1c(OB(Oc2cc(C(F)(F)F)cc(C(F)(F)F)c2)Oc2cc(C(F)(F)F)cc(C(F)(F)F)c2)cc(C(F)(F)F)cc1C(F)(F)F)C1CC2CCC1C2. The van der Waals surface area contributed by atoms with Gasteiger partial charge in [0.1, 0.15) is 23.0 Å². The fourth-order valence-corrected chi connectivity index (χ4v) is 15.6. The molecule has 5 unspecified atom stereocenters. The van der Waals surface area contributed by atoms with E-state index in [0.717, 1.165) is 0 Å². The number of alkyl halides is 24. The van der Waals surface area contributed by atoms with Crippen molar-refractivity contribution in [2.75, 3.05) is 5.75 Å². The van der Waals surface area contributed by atoms with Crippen molar-refractivity contribution >= 4 is 23.1 Å². The smallest absolute Gasteiger partial charge is 0.490 e. The maximum atomic E-state index is 16.0. The zero-order valence-corrected chi connectivity index (χ0v) is 38.5.